The van der Waals surface area contributed by atoms with Crippen molar-refractivity contribution in [3.63, 3.8) is 0 Å². The number of hydrogen-bond donors (Lipinski definition) is 2. The van der Waals surface area contributed by atoms with Crippen LogP contribution in [-0.2, 0) is 52.5 Å². The Kier molecular flexibility index (Phi) is 32.9. The summed E-state index contributed by atoms with van der Waals surface area (Å²) >= 11 is 1.33. The van der Waals surface area contributed by atoms with Crippen molar-refractivity contribution in [2.75, 3.05) is 78.2 Å². The van der Waals surface area contributed by atoms with Crippen LogP contribution in [0, 0.1) is 0 Å². The Morgan fingerprint density at radius 3 is 2.07 bits per heavy atom. The number of carbonyl (C=O) groups excluding carboxylic acids is 6. The van der Waals surface area contributed by atoms with Crippen LogP contribution in [0.1, 0.15) is 46.5 Å². The van der Waals surface area contributed by atoms with Gasteiger partial charge in [-0.15, -0.1) is 11.8 Å². The first-order chi connectivity index (χ1) is 21.9. The summed E-state index contributed by atoms with van der Waals surface area (Å²) in [7, 11) is 1.97. The number of amides is 5. The van der Waals surface area contributed by atoms with E-state index >= 15 is 0 Å². The zero-order chi connectivity index (χ0) is 34.1. The summed E-state index contributed by atoms with van der Waals surface area (Å²) in [5, 5.41) is 2.33. The molecule has 1 aliphatic rings. The predicted octanol–water partition coefficient (Wildman–Crippen LogP) is 0.653. The van der Waals surface area contributed by atoms with Gasteiger partial charge in [0.15, 0.2) is 0 Å². The molecule has 0 aromatic rings. The van der Waals surface area contributed by atoms with E-state index in [0.29, 0.717) is 89.5 Å². The average Bonchev–Trinajstić information content (AvgIpc) is 3.38. The molecule has 0 bridgehead atoms. The molecule has 0 aromatic heterocycles. The van der Waals surface area contributed by atoms with E-state index in [1.165, 1.54) is 11.8 Å². The molecule has 1 rings (SSSR count). The van der Waals surface area contributed by atoms with Crippen LogP contribution in [-0.4, -0.2) is 130 Å². The number of nitrogens with one attached hydrogen (secondary N) is 1. The fourth-order valence-corrected chi connectivity index (χ4v) is 4.25. The van der Waals surface area contributed by atoms with Gasteiger partial charge in [-0.25, -0.2) is 14.5 Å². The van der Waals surface area contributed by atoms with Gasteiger partial charge in [0.25, 0.3) is 11.8 Å². The quantitative estimate of drug-likeness (QED) is 0.0323. The van der Waals surface area contributed by atoms with Gasteiger partial charge in [-0.05, 0) is 26.3 Å². The topological polar surface area (TPSA) is 193 Å². The van der Waals surface area contributed by atoms with Crippen molar-refractivity contribution in [1.82, 2.24) is 15.1 Å². The second-order valence-electron chi connectivity index (χ2n) is 8.52. The van der Waals surface area contributed by atoms with Gasteiger partial charge in [0.1, 0.15) is 6.29 Å². The number of rotatable bonds is 26. The van der Waals surface area contributed by atoms with E-state index < -0.39 is 17.1 Å². The summed E-state index contributed by atoms with van der Waals surface area (Å²) in [4.78, 5) is 73.3. The highest BCUT2D eigenvalue weighted by Crippen LogP contribution is 2.17. The van der Waals surface area contributed by atoms with Gasteiger partial charge in [-0.3, -0.25) is 24.0 Å². The summed E-state index contributed by atoms with van der Waals surface area (Å²) in [5.74, 6) is -0.925. The Balaban J connectivity index is 0. The summed E-state index contributed by atoms with van der Waals surface area (Å²) in [6, 6.07) is 0. The van der Waals surface area contributed by atoms with Crippen molar-refractivity contribution in [2.24, 2.45) is 5.73 Å². The highest BCUT2D eigenvalue weighted by atomic mass is 32.2. The zero-order valence-electron chi connectivity index (χ0n) is 26.6. The van der Waals surface area contributed by atoms with Crippen molar-refractivity contribution in [1.29, 1.82) is 0 Å². The van der Waals surface area contributed by atoms with Crippen LogP contribution in [0.3, 0.4) is 0 Å². The fraction of sp³-hybridized carbons (Fsp3) is 0.714. The maximum absolute atomic E-state index is 12.7. The molecule has 0 aliphatic carbocycles. The molecule has 260 valence electrons. The van der Waals surface area contributed by atoms with Crippen molar-refractivity contribution in [3.05, 3.63) is 12.2 Å². The highest BCUT2D eigenvalue weighted by molar-refractivity contribution is 8.00. The second kappa shape index (κ2) is 33.1. The van der Waals surface area contributed by atoms with Gasteiger partial charge < -0.3 is 35.0 Å². The zero-order valence-corrected chi connectivity index (χ0v) is 28.6. The summed E-state index contributed by atoms with van der Waals surface area (Å²) in [6.45, 7) is 11.3. The number of thioether (sulfide) groups is 1. The monoisotopic (exact) mass is 682 g/mol. The van der Waals surface area contributed by atoms with E-state index in [4.69, 9.17) is 24.8 Å². The molecular formula is C28H51N4O11PS. The molecule has 1 aliphatic heterocycles. The molecule has 2 atom stereocenters. The summed E-state index contributed by atoms with van der Waals surface area (Å²) in [5.41, 5.74) is 5.38. The molecule has 0 spiro atoms. The molecule has 0 saturated carbocycles. The Morgan fingerprint density at radius 2 is 1.58 bits per heavy atom. The minimum atomic E-state index is -0.574. The normalized spacial score (nSPS) is 12.5. The molecule has 0 saturated heterocycles. The first-order valence-corrected chi connectivity index (χ1v) is 16.4. The number of imide groups is 3. The lowest BCUT2D eigenvalue weighted by molar-refractivity contribution is -0.186. The Morgan fingerprint density at radius 1 is 1.00 bits per heavy atom. The van der Waals surface area contributed by atoms with Gasteiger partial charge in [-0.1, -0.05) is 13.8 Å². The lowest BCUT2D eigenvalue weighted by atomic mass is 10.2. The van der Waals surface area contributed by atoms with E-state index in [1.807, 2.05) is 30.2 Å². The average molecular weight is 683 g/mol. The third-order valence-electron chi connectivity index (χ3n) is 5.41. The van der Waals surface area contributed by atoms with Crippen molar-refractivity contribution < 1.29 is 52.5 Å². The smallest absolute Gasteiger partial charge is 0.260 e. The van der Waals surface area contributed by atoms with Crippen molar-refractivity contribution in [2.45, 2.75) is 51.7 Å². The standard InChI is InChI=1S/C21H42N3O8PS.C5H3NO3.C2H6/c1-2-24(21(27)19(6-10-25)34-18-17-31-32-33)9-5-20(26)23-8-4-12-29-14-16-30-15-13-28-11-3-7-22;7-3-6-4(8)1-2-5(6)9;1-2/h10,19H,2-9,11-18,22,33H2,1H3,(H,23,26);1-3H;1-2H3. The molecule has 17 heteroatoms. The Bertz CT molecular complexity index is 837. The maximum Gasteiger partial charge on any atom is 0.260 e. The molecule has 3 N–H and O–H groups in total. The minimum absolute atomic E-state index is 0.113. The van der Waals surface area contributed by atoms with E-state index in [9.17, 15) is 28.8 Å². The van der Waals surface area contributed by atoms with E-state index in [0.717, 1.165) is 24.9 Å². The van der Waals surface area contributed by atoms with Crippen molar-refractivity contribution in [3.8, 4) is 0 Å². The highest BCUT2D eigenvalue weighted by Gasteiger charge is 2.24. The van der Waals surface area contributed by atoms with Gasteiger partial charge in [0, 0.05) is 73.1 Å². The van der Waals surface area contributed by atoms with Crippen LogP contribution in [0.5, 0.6) is 0 Å². The molecule has 45 heavy (non-hydrogen) atoms. The molecule has 0 fully saturated rings. The number of aldehydes is 1. The van der Waals surface area contributed by atoms with Crippen LogP contribution in [0.25, 0.3) is 0 Å². The van der Waals surface area contributed by atoms with Gasteiger partial charge in [0.2, 0.25) is 18.2 Å². The second-order valence-corrected chi connectivity index (χ2v) is 10.0. The van der Waals surface area contributed by atoms with Crippen LogP contribution < -0.4 is 11.1 Å². The number of carbonyl (C=O) groups is 6. The van der Waals surface area contributed by atoms with Gasteiger partial charge >= 0.3 is 0 Å². The van der Waals surface area contributed by atoms with Gasteiger partial charge in [0.05, 0.1) is 38.3 Å². The SMILES string of the molecule is CC.CCN(CCC(=O)NCCCOCCOCCOCCCN)C(=O)C(CC=O)SCCOOP.O=CN1C(=O)C=CC1=O. The summed E-state index contributed by atoms with van der Waals surface area (Å²) in [6.07, 6.45) is 4.88. The molecule has 5 amide bonds. The van der Waals surface area contributed by atoms with Crippen LogP contribution in [0.4, 0.5) is 0 Å². The largest absolute Gasteiger partial charge is 0.379 e. The van der Waals surface area contributed by atoms with Crippen LogP contribution >= 0.6 is 21.2 Å². The van der Waals surface area contributed by atoms with E-state index in [-0.39, 0.29) is 31.1 Å². The molecule has 0 radical (unpaired) electrons. The minimum Gasteiger partial charge on any atom is -0.379 e. The molecular weight excluding hydrogens is 631 g/mol. The lowest BCUT2D eigenvalue weighted by Gasteiger charge is -2.25. The van der Waals surface area contributed by atoms with E-state index in [1.54, 1.807) is 4.90 Å². The number of nitrogens with two attached hydrogens (primary N) is 1. The first kappa shape index (κ1) is 44.8. The Labute approximate surface area is 272 Å². The predicted molar refractivity (Wildman–Crippen MR) is 173 cm³/mol. The number of nitrogens with zero attached hydrogens (tertiary/aromatic N) is 2. The lowest BCUT2D eigenvalue weighted by Crippen LogP contribution is -2.40. The first-order valence-electron chi connectivity index (χ1n) is 14.9. The van der Waals surface area contributed by atoms with Gasteiger partial charge in [-0.2, -0.15) is 0 Å². The molecule has 15 nitrogen and oxygen atoms in total. The molecule has 0 aromatic carbocycles. The molecule has 2 unspecified atom stereocenters. The third kappa shape index (κ3) is 24.6. The molecule has 1 heterocycles. The number of ether oxygens (including phenoxy) is 3. The Hall–Kier alpha value is -2.30. The van der Waals surface area contributed by atoms with Crippen molar-refractivity contribution >= 4 is 57.6 Å². The fourth-order valence-electron chi connectivity index (χ4n) is 3.20. The van der Waals surface area contributed by atoms with Crippen LogP contribution in [0.15, 0.2) is 12.2 Å². The van der Waals surface area contributed by atoms with E-state index in [2.05, 4.69) is 9.99 Å². The van der Waals surface area contributed by atoms with Crippen LogP contribution in [0.2, 0.25) is 0 Å². The maximum atomic E-state index is 12.7. The third-order valence-corrected chi connectivity index (χ3v) is 6.75. The summed E-state index contributed by atoms with van der Waals surface area (Å²) < 4.78 is 20.6. The number of hydrogen-bond acceptors (Lipinski definition) is 13.